The highest BCUT2D eigenvalue weighted by Crippen LogP contribution is 2.20. The Labute approximate surface area is 216 Å². The van der Waals surface area contributed by atoms with Crippen LogP contribution >= 0.6 is 0 Å². The lowest BCUT2D eigenvalue weighted by atomic mass is 10.1. The molecule has 1 unspecified atom stereocenters. The molecule has 1 aromatic heterocycles. The molecule has 7 nitrogen and oxygen atoms in total. The van der Waals surface area contributed by atoms with Crippen LogP contribution in [0.3, 0.4) is 0 Å². The summed E-state index contributed by atoms with van der Waals surface area (Å²) < 4.78 is 11.2. The summed E-state index contributed by atoms with van der Waals surface area (Å²) in [4.78, 5) is 27.5. The van der Waals surface area contributed by atoms with E-state index in [9.17, 15) is 9.59 Å². The number of anilines is 1. The molecule has 1 aliphatic heterocycles. The van der Waals surface area contributed by atoms with Crippen LogP contribution in [0.5, 0.6) is 0 Å². The van der Waals surface area contributed by atoms with Crippen molar-refractivity contribution in [3.05, 3.63) is 101 Å². The topological polar surface area (TPSA) is 83.8 Å². The Morgan fingerprint density at radius 1 is 0.946 bits per heavy atom. The smallest absolute Gasteiger partial charge is 0.291 e. The first-order valence-electron chi connectivity index (χ1n) is 12.6. The van der Waals surface area contributed by atoms with Crippen LogP contribution in [-0.2, 0) is 29.0 Å². The van der Waals surface area contributed by atoms with Crippen LogP contribution in [0, 0.1) is 0 Å². The fourth-order valence-electron chi connectivity index (χ4n) is 4.57. The molecular weight excluding hydrogens is 466 g/mol. The van der Waals surface area contributed by atoms with E-state index in [4.69, 9.17) is 9.15 Å². The van der Waals surface area contributed by atoms with E-state index < -0.39 is 0 Å². The molecule has 1 fully saturated rings. The third kappa shape index (κ3) is 6.64. The second kappa shape index (κ2) is 11.4. The number of ether oxygens (including phenoxy) is 1. The van der Waals surface area contributed by atoms with Gasteiger partial charge < -0.3 is 19.8 Å². The van der Waals surface area contributed by atoms with Gasteiger partial charge in [0.15, 0.2) is 5.76 Å². The number of amides is 2. The van der Waals surface area contributed by atoms with Crippen LogP contribution < -0.4 is 10.6 Å². The Kier molecular flexibility index (Phi) is 7.63. The normalized spacial score (nSPS) is 16.0. The van der Waals surface area contributed by atoms with Crippen LogP contribution in [0.2, 0.25) is 0 Å². The van der Waals surface area contributed by atoms with Crippen LogP contribution in [0.25, 0.3) is 11.0 Å². The number of hydrogen-bond acceptors (Lipinski definition) is 5. The predicted molar refractivity (Wildman–Crippen MR) is 143 cm³/mol. The molecule has 37 heavy (non-hydrogen) atoms. The summed E-state index contributed by atoms with van der Waals surface area (Å²) in [6.45, 7) is 6.11. The molecule has 2 amide bonds. The quantitative estimate of drug-likeness (QED) is 0.367. The molecule has 1 saturated heterocycles. The van der Waals surface area contributed by atoms with Crippen molar-refractivity contribution < 1.29 is 18.7 Å². The zero-order valence-electron chi connectivity index (χ0n) is 20.9. The number of nitrogens with one attached hydrogen (secondary N) is 2. The number of hydrogen-bond donors (Lipinski definition) is 2. The summed E-state index contributed by atoms with van der Waals surface area (Å²) in [5, 5.41) is 6.73. The van der Waals surface area contributed by atoms with E-state index in [2.05, 4.69) is 34.6 Å². The van der Waals surface area contributed by atoms with Gasteiger partial charge in [-0.3, -0.25) is 14.5 Å². The number of benzene rings is 3. The van der Waals surface area contributed by atoms with Crippen molar-refractivity contribution in [1.82, 2.24) is 10.2 Å². The van der Waals surface area contributed by atoms with Crippen LogP contribution in [0.4, 0.5) is 5.69 Å². The molecule has 2 heterocycles. The molecule has 3 aromatic carbocycles. The molecule has 4 aromatic rings. The van der Waals surface area contributed by atoms with Gasteiger partial charge in [0.25, 0.3) is 5.91 Å². The van der Waals surface area contributed by atoms with Gasteiger partial charge in [-0.05, 0) is 47.9 Å². The van der Waals surface area contributed by atoms with Crippen molar-refractivity contribution in [2.75, 3.05) is 25.0 Å². The molecule has 1 aliphatic rings. The van der Waals surface area contributed by atoms with Gasteiger partial charge >= 0.3 is 0 Å². The summed E-state index contributed by atoms with van der Waals surface area (Å²) in [5.74, 6) is -0.105. The number of para-hydroxylation sites is 1. The Balaban J connectivity index is 1.10. The molecule has 190 valence electrons. The summed E-state index contributed by atoms with van der Waals surface area (Å²) in [5.41, 5.74) is 4.50. The van der Waals surface area contributed by atoms with Crippen LogP contribution in [0.1, 0.15) is 34.2 Å². The molecule has 7 heteroatoms. The monoisotopic (exact) mass is 497 g/mol. The molecular formula is C30H31N3O4. The fraction of sp³-hybridized carbons (Fsp3) is 0.267. The van der Waals surface area contributed by atoms with Gasteiger partial charge in [0, 0.05) is 37.3 Å². The van der Waals surface area contributed by atoms with Gasteiger partial charge in [-0.15, -0.1) is 0 Å². The Hall–Kier alpha value is -3.94. The summed E-state index contributed by atoms with van der Waals surface area (Å²) in [7, 11) is 0. The van der Waals surface area contributed by atoms with Crippen LogP contribution in [-0.4, -0.2) is 42.5 Å². The van der Waals surface area contributed by atoms with E-state index in [1.165, 1.54) is 5.56 Å². The summed E-state index contributed by atoms with van der Waals surface area (Å²) in [6.07, 6.45) is 0.529. The minimum absolute atomic E-state index is 0.0496. The minimum Gasteiger partial charge on any atom is -0.451 e. The van der Waals surface area contributed by atoms with Crippen LogP contribution in [0.15, 0.2) is 83.3 Å². The first-order valence-corrected chi connectivity index (χ1v) is 12.6. The van der Waals surface area contributed by atoms with Crippen molar-refractivity contribution in [1.29, 1.82) is 0 Å². The Morgan fingerprint density at radius 3 is 2.57 bits per heavy atom. The van der Waals surface area contributed by atoms with Crippen molar-refractivity contribution in [2.24, 2.45) is 0 Å². The molecule has 5 rings (SSSR count). The van der Waals surface area contributed by atoms with Crippen molar-refractivity contribution in [3.8, 4) is 0 Å². The highest BCUT2D eigenvalue weighted by Gasteiger charge is 2.17. The number of nitrogens with zero attached hydrogens (tertiary/aromatic N) is 1. The maximum absolute atomic E-state index is 12.5. The highest BCUT2D eigenvalue weighted by atomic mass is 16.5. The van der Waals surface area contributed by atoms with Crippen molar-refractivity contribution >= 4 is 28.5 Å². The number of fused-ring (bicyclic) bond motifs is 1. The van der Waals surface area contributed by atoms with E-state index in [1.54, 1.807) is 18.2 Å². The van der Waals surface area contributed by atoms with Gasteiger partial charge in [-0.25, -0.2) is 0 Å². The largest absolute Gasteiger partial charge is 0.451 e. The fourth-order valence-corrected chi connectivity index (χ4v) is 4.57. The summed E-state index contributed by atoms with van der Waals surface area (Å²) >= 11 is 0. The molecule has 1 atom stereocenters. The van der Waals surface area contributed by atoms with Gasteiger partial charge in [0.2, 0.25) is 5.91 Å². The first kappa shape index (κ1) is 24.7. The Morgan fingerprint density at radius 2 is 1.76 bits per heavy atom. The zero-order chi connectivity index (χ0) is 25.6. The molecule has 2 N–H and O–H groups in total. The lowest BCUT2D eigenvalue weighted by Gasteiger charge is -2.31. The van der Waals surface area contributed by atoms with E-state index >= 15 is 0 Å². The second-order valence-electron chi connectivity index (χ2n) is 9.49. The maximum atomic E-state index is 12.5. The zero-order valence-corrected chi connectivity index (χ0v) is 20.9. The lowest BCUT2D eigenvalue weighted by Crippen LogP contribution is -2.40. The molecule has 0 bridgehead atoms. The Bertz CT molecular complexity index is 1350. The van der Waals surface area contributed by atoms with Crippen molar-refractivity contribution in [3.63, 3.8) is 0 Å². The predicted octanol–water partition coefficient (Wildman–Crippen LogP) is 4.76. The first-order chi connectivity index (χ1) is 18.0. The van der Waals surface area contributed by atoms with E-state index in [-0.39, 0.29) is 30.1 Å². The van der Waals surface area contributed by atoms with Crippen molar-refractivity contribution in [2.45, 2.75) is 32.5 Å². The molecule has 0 saturated carbocycles. The van der Waals surface area contributed by atoms with Gasteiger partial charge in [-0.2, -0.15) is 0 Å². The van der Waals surface area contributed by atoms with Gasteiger partial charge in [-0.1, -0.05) is 54.6 Å². The number of morpholine rings is 1. The average Bonchev–Trinajstić information content (AvgIpc) is 3.34. The number of carbonyl (C=O) groups excluding carboxylic acids is 2. The third-order valence-electron chi connectivity index (χ3n) is 6.44. The average molecular weight is 498 g/mol. The van der Waals surface area contributed by atoms with Gasteiger partial charge in [0.1, 0.15) is 5.58 Å². The van der Waals surface area contributed by atoms with Gasteiger partial charge in [0.05, 0.1) is 19.1 Å². The second-order valence-corrected chi connectivity index (χ2v) is 9.49. The standard InChI is InChI=1S/C30H31N3O4/c1-21-19-33(13-14-36-21)20-24-6-4-5-23(15-24)18-31-29(34)16-22-9-11-26(12-10-22)32-30(35)28-17-25-7-2-3-8-27(25)37-28/h2-12,15,17,21H,13-14,16,18-20H2,1H3,(H,31,34)(H,32,35). The third-order valence-corrected chi connectivity index (χ3v) is 6.44. The van der Waals surface area contributed by atoms with E-state index in [1.807, 2.05) is 48.5 Å². The number of carbonyl (C=O) groups is 2. The molecule has 0 aliphatic carbocycles. The number of furan rings is 1. The molecule has 0 radical (unpaired) electrons. The molecule has 0 spiro atoms. The minimum atomic E-state index is -0.313. The summed E-state index contributed by atoms with van der Waals surface area (Å²) in [6, 6.07) is 24.8. The number of rotatable bonds is 8. The van der Waals surface area contributed by atoms with E-state index in [0.717, 1.165) is 42.8 Å². The highest BCUT2D eigenvalue weighted by molar-refractivity contribution is 6.04. The SMILES string of the molecule is CC1CN(Cc2cccc(CNC(=O)Cc3ccc(NC(=O)c4cc5ccccc5o4)cc3)c2)CCO1. The lowest BCUT2D eigenvalue weighted by molar-refractivity contribution is -0.120. The maximum Gasteiger partial charge on any atom is 0.291 e. The van der Waals surface area contributed by atoms with E-state index in [0.29, 0.717) is 17.8 Å².